The molecular weight excluding hydrogens is 494 g/mol. The normalized spacial score (nSPS) is 16.9. The van der Waals surface area contributed by atoms with Gasteiger partial charge < -0.3 is 15.8 Å². The number of primary amides is 1. The highest BCUT2D eigenvalue weighted by Crippen LogP contribution is 2.37. The third-order valence-corrected chi connectivity index (χ3v) is 9.04. The van der Waals surface area contributed by atoms with Crippen molar-refractivity contribution in [1.82, 2.24) is 14.5 Å². The second-order valence-electron chi connectivity index (χ2n) is 8.14. The Labute approximate surface area is 207 Å². The van der Waals surface area contributed by atoms with Gasteiger partial charge in [-0.3, -0.25) is 19.8 Å². The van der Waals surface area contributed by atoms with E-state index in [4.69, 9.17) is 10.5 Å². The average Bonchev–Trinajstić information content (AvgIpc) is 3.21. The third-order valence-electron chi connectivity index (χ3n) is 6.00. The number of carbonyl (C=O) groups is 3. The molecule has 13 heteroatoms. The van der Waals surface area contributed by atoms with Crippen LogP contribution >= 0.6 is 11.3 Å². The van der Waals surface area contributed by atoms with Crippen molar-refractivity contribution in [2.45, 2.75) is 24.8 Å². The molecule has 1 fully saturated rings. The number of nitrogens with one attached hydrogen (secondary N) is 2. The summed E-state index contributed by atoms with van der Waals surface area (Å²) in [5.74, 6) is -1.17. The number of likely N-dealkylation sites (N-methyl/N-ethyl adjacent to an activating group) is 1. The molecule has 35 heavy (non-hydrogen) atoms. The maximum atomic E-state index is 13.0. The SMILES string of the molecule is CCN1CCc2c(sc(NC(=O)c3ccc(S(=O)(=O)N4CCOCC4)cc3)c2C(=O)NC(N)=O)C1. The van der Waals surface area contributed by atoms with E-state index in [0.29, 0.717) is 31.2 Å². The molecule has 2 aliphatic rings. The summed E-state index contributed by atoms with van der Waals surface area (Å²) in [4.78, 5) is 40.3. The number of carbonyl (C=O) groups excluding carboxylic acids is 3. The van der Waals surface area contributed by atoms with E-state index in [-0.39, 0.29) is 29.1 Å². The molecule has 0 saturated carbocycles. The first kappa shape index (κ1) is 25.3. The Morgan fingerprint density at radius 3 is 2.40 bits per heavy atom. The number of nitrogens with two attached hydrogens (primary N) is 1. The van der Waals surface area contributed by atoms with Crippen LogP contribution in [0.3, 0.4) is 0 Å². The minimum atomic E-state index is -3.68. The molecule has 188 valence electrons. The number of benzene rings is 1. The fraction of sp³-hybridized carbons (Fsp3) is 0.409. The molecule has 0 atom stereocenters. The van der Waals surface area contributed by atoms with Gasteiger partial charge in [0.2, 0.25) is 10.0 Å². The summed E-state index contributed by atoms with van der Waals surface area (Å²) >= 11 is 1.28. The van der Waals surface area contributed by atoms with Crippen LogP contribution in [0.15, 0.2) is 29.2 Å². The lowest BCUT2D eigenvalue weighted by atomic mass is 10.0. The van der Waals surface area contributed by atoms with Gasteiger partial charge in [-0.15, -0.1) is 11.3 Å². The summed E-state index contributed by atoms with van der Waals surface area (Å²) in [6.45, 7) is 5.52. The van der Waals surface area contributed by atoms with Gasteiger partial charge in [-0.1, -0.05) is 6.92 Å². The Hall–Kier alpha value is -2.84. The number of amides is 4. The molecule has 1 saturated heterocycles. The van der Waals surface area contributed by atoms with Crippen LogP contribution in [0.1, 0.15) is 38.1 Å². The van der Waals surface area contributed by atoms with E-state index in [1.54, 1.807) is 0 Å². The molecule has 4 rings (SSSR count). The van der Waals surface area contributed by atoms with Gasteiger partial charge >= 0.3 is 6.03 Å². The summed E-state index contributed by atoms with van der Waals surface area (Å²) in [6.07, 6.45) is 0.602. The maximum absolute atomic E-state index is 13.0. The highest BCUT2D eigenvalue weighted by Gasteiger charge is 2.30. The van der Waals surface area contributed by atoms with E-state index in [1.165, 1.54) is 39.9 Å². The van der Waals surface area contributed by atoms with Gasteiger partial charge in [-0.2, -0.15) is 4.31 Å². The van der Waals surface area contributed by atoms with Gasteiger partial charge in [0, 0.05) is 36.6 Å². The summed E-state index contributed by atoms with van der Waals surface area (Å²) in [6, 6.07) is 4.66. The predicted molar refractivity (Wildman–Crippen MR) is 130 cm³/mol. The highest BCUT2D eigenvalue weighted by atomic mass is 32.2. The van der Waals surface area contributed by atoms with E-state index >= 15 is 0 Å². The molecule has 11 nitrogen and oxygen atoms in total. The molecule has 3 heterocycles. The molecule has 1 aromatic carbocycles. The van der Waals surface area contributed by atoms with Crippen molar-refractivity contribution < 1.29 is 27.5 Å². The van der Waals surface area contributed by atoms with Crippen LogP contribution in [0, 0.1) is 0 Å². The molecule has 4 N–H and O–H groups in total. The summed E-state index contributed by atoms with van der Waals surface area (Å²) in [7, 11) is -3.68. The monoisotopic (exact) mass is 521 g/mol. The van der Waals surface area contributed by atoms with Crippen LogP contribution in [-0.4, -0.2) is 74.9 Å². The third kappa shape index (κ3) is 5.38. The van der Waals surface area contributed by atoms with E-state index < -0.39 is 27.9 Å². The fourth-order valence-electron chi connectivity index (χ4n) is 4.12. The standard InChI is InChI=1S/C22H27N5O6S2/c1-2-26-8-7-16-17(13-26)34-21(18(16)20(29)25-22(23)30)24-19(28)14-3-5-15(6-4-14)35(31,32)27-9-11-33-12-10-27/h3-6H,2,7-13H2,1H3,(H,24,28)(H3,23,25,29,30). The van der Waals surface area contributed by atoms with Gasteiger partial charge in [0.15, 0.2) is 0 Å². The minimum Gasteiger partial charge on any atom is -0.379 e. The van der Waals surface area contributed by atoms with Gasteiger partial charge in [0.05, 0.1) is 23.7 Å². The van der Waals surface area contributed by atoms with Crippen LogP contribution in [0.4, 0.5) is 9.80 Å². The number of fused-ring (bicyclic) bond motifs is 1. The molecule has 0 unspecified atom stereocenters. The number of nitrogens with zero attached hydrogens (tertiary/aromatic N) is 2. The Bertz CT molecular complexity index is 1240. The number of hydrogen-bond acceptors (Lipinski definition) is 8. The molecule has 4 amide bonds. The fourth-order valence-corrected chi connectivity index (χ4v) is 6.81. The first-order chi connectivity index (χ1) is 16.7. The number of thiophene rings is 1. The lowest BCUT2D eigenvalue weighted by Gasteiger charge is -2.26. The molecular formula is C22H27N5O6S2. The molecule has 2 aliphatic heterocycles. The van der Waals surface area contributed by atoms with Crippen molar-refractivity contribution in [3.63, 3.8) is 0 Å². The lowest BCUT2D eigenvalue weighted by molar-refractivity contribution is 0.0730. The summed E-state index contributed by atoms with van der Waals surface area (Å²) in [5.41, 5.74) is 6.40. The maximum Gasteiger partial charge on any atom is 0.319 e. The van der Waals surface area contributed by atoms with Crippen LogP contribution in [0.2, 0.25) is 0 Å². The first-order valence-electron chi connectivity index (χ1n) is 11.2. The smallest absolute Gasteiger partial charge is 0.319 e. The second kappa shape index (κ2) is 10.4. The zero-order valence-corrected chi connectivity index (χ0v) is 20.8. The number of morpholine rings is 1. The van der Waals surface area contributed by atoms with Crippen LogP contribution in [0.25, 0.3) is 0 Å². The van der Waals surface area contributed by atoms with Gasteiger partial charge in [0.1, 0.15) is 5.00 Å². The van der Waals surface area contributed by atoms with E-state index in [9.17, 15) is 22.8 Å². The van der Waals surface area contributed by atoms with Gasteiger partial charge in [-0.25, -0.2) is 13.2 Å². The van der Waals surface area contributed by atoms with Gasteiger partial charge in [-0.05, 0) is 42.8 Å². The lowest BCUT2D eigenvalue weighted by Crippen LogP contribution is -2.40. The number of ether oxygens (including phenoxy) is 1. The Morgan fingerprint density at radius 2 is 1.77 bits per heavy atom. The molecule has 1 aromatic heterocycles. The summed E-state index contributed by atoms with van der Waals surface area (Å²) < 4.78 is 32.2. The molecule has 0 radical (unpaired) electrons. The Kier molecular flexibility index (Phi) is 7.52. The number of sulfonamides is 1. The van der Waals surface area contributed by atoms with Crippen molar-refractivity contribution in [3.05, 3.63) is 45.8 Å². The number of rotatable bonds is 6. The first-order valence-corrected chi connectivity index (χ1v) is 13.4. The van der Waals surface area contributed by atoms with Gasteiger partial charge in [0.25, 0.3) is 11.8 Å². The van der Waals surface area contributed by atoms with Crippen LogP contribution < -0.4 is 16.4 Å². The number of hydrogen-bond donors (Lipinski definition) is 3. The van der Waals surface area contributed by atoms with Crippen LogP contribution in [-0.2, 0) is 27.7 Å². The van der Waals surface area contributed by atoms with Crippen molar-refractivity contribution in [2.75, 3.05) is 44.7 Å². The van der Waals surface area contributed by atoms with Crippen molar-refractivity contribution in [1.29, 1.82) is 0 Å². The molecule has 0 bridgehead atoms. The molecule has 0 spiro atoms. The van der Waals surface area contributed by atoms with E-state index in [1.807, 2.05) is 6.92 Å². The highest BCUT2D eigenvalue weighted by molar-refractivity contribution is 7.89. The Morgan fingerprint density at radius 1 is 1.09 bits per heavy atom. The number of imide groups is 1. The predicted octanol–water partition coefficient (Wildman–Crippen LogP) is 1.21. The molecule has 2 aromatic rings. The van der Waals surface area contributed by atoms with E-state index in [2.05, 4.69) is 15.5 Å². The Balaban J connectivity index is 1.57. The summed E-state index contributed by atoms with van der Waals surface area (Å²) in [5, 5.41) is 5.18. The van der Waals surface area contributed by atoms with Crippen LogP contribution in [0.5, 0.6) is 0 Å². The van der Waals surface area contributed by atoms with Crippen molar-refractivity contribution >= 4 is 44.2 Å². The largest absolute Gasteiger partial charge is 0.379 e. The zero-order valence-electron chi connectivity index (χ0n) is 19.2. The van der Waals surface area contributed by atoms with E-state index in [0.717, 1.165) is 23.5 Å². The number of anilines is 1. The quantitative estimate of drug-likeness (QED) is 0.517. The van der Waals surface area contributed by atoms with Crippen molar-refractivity contribution in [3.8, 4) is 0 Å². The topological polar surface area (TPSA) is 151 Å². The number of urea groups is 1. The average molecular weight is 522 g/mol. The molecule has 0 aliphatic carbocycles. The zero-order chi connectivity index (χ0) is 25.2. The second-order valence-corrected chi connectivity index (χ2v) is 11.2. The minimum absolute atomic E-state index is 0.0868. The van der Waals surface area contributed by atoms with Crippen molar-refractivity contribution in [2.24, 2.45) is 5.73 Å².